The molecule has 0 amide bonds. The second-order valence-corrected chi connectivity index (χ2v) is 5.34. The molecule has 20 heavy (non-hydrogen) atoms. The van der Waals surface area contributed by atoms with Crippen LogP contribution in [0.25, 0.3) is 0 Å². The molecule has 8 heteroatoms. The molecule has 1 aromatic rings. The molecule has 2 rings (SSSR count). The monoisotopic (exact) mass is 343 g/mol. The van der Waals surface area contributed by atoms with Gasteiger partial charge >= 0.3 is 5.97 Å². The fourth-order valence-corrected chi connectivity index (χ4v) is 2.86. The van der Waals surface area contributed by atoms with Gasteiger partial charge in [-0.05, 0) is 35.2 Å². The summed E-state index contributed by atoms with van der Waals surface area (Å²) in [5, 5.41) is 10.7. The Kier molecular flexibility index (Phi) is 4.53. The molecule has 7 nitrogen and oxygen atoms in total. The van der Waals surface area contributed by atoms with Crippen LogP contribution >= 0.6 is 15.9 Å². The van der Waals surface area contributed by atoms with Gasteiger partial charge in [-0.2, -0.15) is 0 Å². The first-order valence-electron chi connectivity index (χ1n) is 6.19. The second kappa shape index (κ2) is 6.17. The molecule has 1 fully saturated rings. The number of methoxy groups -OCH3 is 1. The molecular weight excluding hydrogens is 330 g/mol. The maximum absolute atomic E-state index is 11.8. The van der Waals surface area contributed by atoms with E-state index in [-0.39, 0.29) is 17.7 Å². The summed E-state index contributed by atoms with van der Waals surface area (Å²) in [5.41, 5.74) is -0.0905. The summed E-state index contributed by atoms with van der Waals surface area (Å²) in [6.07, 6.45) is 3.78. The molecule has 2 heterocycles. The standard InChI is InChI=1S/C12H14BrN3O4/c1-20-12(17)10-4-2-3-5-15(10)11-9(13)6-8(7-14-11)16(18)19/h6-7,10H,2-5H2,1H3. The topological polar surface area (TPSA) is 85.6 Å². The minimum atomic E-state index is -0.504. The summed E-state index contributed by atoms with van der Waals surface area (Å²) < 4.78 is 5.31. The largest absolute Gasteiger partial charge is 0.467 e. The number of ether oxygens (including phenoxy) is 1. The predicted octanol–water partition coefficient (Wildman–Crippen LogP) is 2.28. The average Bonchev–Trinajstić information content (AvgIpc) is 2.46. The van der Waals surface area contributed by atoms with E-state index in [9.17, 15) is 14.9 Å². The first kappa shape index (κ1) is 14.7. The Labute approximate surface area is 124 Å². The lowest BCUT2D eigenvalue weighted by Crippen LogP contribution is -2.46. The molecule has 0 N–H and O–H groups in total. The molecule has 1 unspecified atom stereocenters. The first-order chi connectivity index (χ1) is 9.54. The molecule has 0 radical (unpaired) electrons. The van der Waals surface area contributed by atoms with Crippen molar-refractivity contribution in [3.8, 4) is 0 Å². The van der Waals surface area contributed by atoms with Gasteiger partial charge < -0.3 is 9.64 Å². The van der Waals surface area contributed by atoms with E-state index in [0.29, 0.717) is 23.3 Å². The van der Waals surface area contributed by atoms with Gasteiger partial charge in [0.2, 0.25) is 0 Å². The Morgan fingerprint density at radius 3 is 2.95 bits per heavy atom. The van der Waals surface area contributed by atoms with Crippen LogP contribution in [0.3, 0.4) is 0 Å². The van der Waals surface area contributed by atoms with Crippen molar-refractivity contribution >= 4 is 33.4 Å². The predicted molar refractivity (Wildman–Crippen MR) is 75.6 cm³/mol. The fraction of sp³-hybridized carbons (Fsp3) is 0.500. The molecule has 1 atom stereocenters. The third kappa shape index (κ3) is 2.90. The van der Waals surface area contributed by atoms with Crippen LogP contribution in [0.1, 0.15) is 19.3 Å². The van der Waals surface area contributed by atoms with Crippen molar-refractivity contribution in [3.05, 3.63) is 26.9 Å². The van der Waals surface area contributed by atoms with Crippen LogP contribution < -0.4 is 4.90 Å². The number of hydrogen-bond acceptors (Lipinski definition) is 6. The van der Waals surface area contributed by atoms with Gasteiger partial charge in [0.15, 0.2) is 0 Å². The summed E-state index contributed by atoms with van der Waals surface area (Å²) in [7, 11) is 1.35. The molecule has 0 spiro atoms. The number of carbonyl (C=O) groups excluding carboxylic acids is 1. The van der Waals surface area contributed by atoms with Gasteiger partial charge in [-0.3, -0.25) is 10.1 Å². The van der Waals surface area contributed by atoms with Crippen LogP contribution in [0.5, 0.6) is 0 Å². The van der Waals surface area contributed by atoms with Crippen LogP contribution in [-0.4, -0.2) is 35.6 Å². The van der Waals surface area contributed by atoms with Crippen molar-refractivity contribution in [2.45, 2.75) is 25.3 Å². The van der Waals surface area contributed by atoms with Crippen LogP contribution in [0, 0.1) is 10.1 Å². The minimum absolute atomic E-state index is 0.0905. The van der Waals surface area contributed by atoms with Crippen LogP contribution in [0.2, 0.25) is 0 Å². The normalized spacial score (nSPS) is 18.7. The summed E-state index contributed by atoms with van der Waals surface area (Å²) in [6, 6.07) is 1.00. The van der Waals surface area contributed by atoms with E-state index >= 15 is 0 Å². The van der Waals surface area contributed by atoms with Gasteiger partial charge in [-0.25, -0.2) is 9.78 Å². The summed E-state index contributed by atoms with van der Waals surface area (Å²) in [6.45, 7) is 0.670. The van der Waals surface area contributed by atoms with E-state index < -0.39 is 4.92 Å². The van der Waals surface area contributed by atoms with Crippen LogP contribution in [0.15, 0.2) is 16.7 Å². The summed E-state index contributed by atoms with van der Waals surface area (Å²) in [5.74, 6) is 0.224. The SMILES string of the molecule is COC(=O)C1CCCCN1c1ncc([N+](=O)[O-])cc1Br. The fourth-order valence-electron chi connectivity index (χ4n) is 2.30. The molecule has 0 aliphatic carbocycles. The molecule has 0 saturated carbocycles. The molecule has 1 saturated heterocycles. The average molecular weight is 344 g/mol. The maximum Gasteiger partial charge on any atom is 0.328 e. The highest BCUT2D eigenvalue weighted by molar-refractivity contribution is 9.10. The summed E-state index contributed by atoms with van der Waals surface area (Å²) in [4.78, 5) is 28.0. The lowest BCUT2D eigenvalue weighted by molar-refractivity contribution is -0.385. The van der Waals surface area contributed by atoms with E-state index in [1.165, 1.54) is 19.4 Å². The van der Waals surface area contributed by atoms with Gasteiger partial charge in [0.1, 0.15) is 18.1 Å². The van der Waals surface area contributed by atoms with Gasteiger partial charge in [0, 0.05) is 12.6 Å². The molecule has 108 valence electrons. The Balaban J connectivity index is 2.32. The maximum atomic E-state index is 11.8. The zero-order chi connectivity index (χ0) is 14.7. The van der Waals surface area contributed by atoms with Crippen molar-refractivity contribution in [2.75, 3.05) is 18.6 Å². The zero-order valence-electron chi connectivity index (χ0n) is 10.9. The molecule has 1 aromatic heterocycles. The number of esters is 1. The highest BCUT2D eigenvalue weighted by Gasteiger charge is 2.31. The Morgan fingerprint density at radius 1 is 1.60 bits per heavy atom. The van der Waals surface area contributed by atoms with E-state index in [1.54, 1.807) is 0 Å². The van der Waals surface area contributed by atoms with Crippen molar-refractivity contribution in [1.82, 2.24) is 4.98 Å². The molecule has 1 aliphatic heterocycles. The Hall–Kier alpha value is -1.70. The number of anilines is 1. The smallest absolute Gasteiger partial charge is 0.328 e. The van der Waals surface area contributed by atoms with Crippen molar-refractivity contribution < 1.29 is 14.5 Å². The molecule has 0 bridgehead atoms. The Morgan fingerprint density at radius 2 is 2.35 bits per heavy atom. The van der Waals surface area contributed by atoms with Gasteiger partial charge in [-0.1, -0.05) is 0 Å². The number of rotatable bonds is 3. The number of nitrogens with zero attached hydrogens (tertiary/aromatic N) is 3. The van der Waals surface area contributed by atoms with Crippen molar-refractivity contribution in [1.29, 1.82) is 0 Å². The number of carbonyl (C=O) groups is 1. The third-order valence-corrected chi connectivity index (χ3v) is 3.85. The van der Waals surface area contributed by atoms with Gasteiger partial charge in [0.25, 0.3) is 5.69 Å². The van der Waals surface area contributed by atoms with Crippen molar-refractivity contribution in [3.63, 3.8) is 0 Å². The summed E-state index contributed by atoms with van der Waals surface area (Å²) >= 11 is 3.29. The lowest BCUT2D eigenvalue weighted by atomic mass is 10.0. The van der Waals surface area contributed by atoms with E-state index in [1.807, 2.05) is 4.90 Å². The van der Waals surface area contributed by atoms with Crippen LogP contribution in [0.4, 0.5) is 11.5 Å². The van der Waals surface area contributed by atoms with E-state index in [0.717, 1.165) is 12.8 Å². The molecule has 0 aromatic carbocycles. The number of hydrogen-bond donors (Lipinski definition) is 0. The number of aromatic nitrogens is 1. The van der Waals surface area contributed by atoms with E-state index in [2.05, 4.69) is 20.9 Å². The number of nitro groups is 1. The Bertz CT molecular complexity index is 537. The minimum Gasteiger partial charge on any atom is -0.467 e. The van der Waals surface area contributed by atoms with Crippen molar-refractivity contribution in [2.24, 2.45) is 0 Å². The zero-order valence-corrected chi connectivity index (χ0v) is 12.5. The quantitative estimate of drug-likeness (QED) is 0.475. The second-order valence-electron chi connectivity index (χ2n) is 4.48. The highest BCUT2D eigenvalue weighted by atomic mass is 79.9. The number of pyridine rings is 1. The molecular formula is C12H14BrN3O4. The third-order valence-electron chi connectivity index (χ3n) is 3.27. The molecule has 1 aliphatic rings. The van der Waals surface area contributed by atoms with Crippen LogP contribution in [-0.2, 0) is 9.53 Å². The lowest BCUT2D eigenvalue weighted by Gasteiger charge is -2.35. The van der Waals surface area contributed by atoms with Gasteiger partial charge in [-0.15, -0.1) is 0 Å². The highest BCUT2D eigenvalue weighted by Crippen LogP contribution is 2.32. The van der Waals surface area contributed by atoms with Gasteiger partial charge in [0.05, 0.1) is 16.5 Å². The first-order valence-corrected chi connectivity index (χ1v) is 6.98. The number of piperidine rings is 1. The van der Waals surface area contributed by atoms with E-state index in [4.69, 9.17) is 4.74 Å². The number of halogens is 1.